The molecule has 102 valence electrons. The van der Waals surface area contributed by atoms with Gasteiger partial charge in [-0.05, 0) is 17.7 Å². The Labute approximate surface area is 115 Å². The van der Waals surface area contributed by atoms with E-state index >= 15 is 0 Å². The molecule has 1 amide bonds. The van der Waals surface area contributed by atoms with Gasteiger partial charge in [0.25, 0.3) is 5.91 Å². The first-order valence-electron chi connectivity index (χ1n) is 6.44. The molecular weight excluding hydrogens is 256 g/mol. The highest BCUT2D eigenvalue weighted by molar-refractivity contribution is 5.93. The number of pyridine rings is 1. The third kappa shape index (κ3) is 2.56. The molecule has 1 aromatic heterocycles. The molecule has 20 heavy (non-hydrogen) atoms. The minimum absolute atomic E-state index is 0.0425. The Hall–Kier alpha value is -2.56. The van der Waals surface area contributed by atoms with Crippen LogP contribution in [-0.4, -0.2) is 23.5 Å². The molecule has 1 aliphatic rings. The van der Waals surface area contributed by atoms with Gasteiger partial charge in [0.2, 0.25) is 5.56 Å². The molecule has 0 aliphatic carbocycles. The monoisotopic (exact) mass is 270 g/mol. The lowest BCUT2D eigenvalue weighted by Crippen LogP contribution is -2.34. The third-order valence-corrected chi connectivity index (χ3v) is 3.25. The van der Waals surface area contributed by atoms with Crippen LogP contribution >= 0.6 is 0 Å². The number of hydrogen-bond acceptors (Lipinski definition) is 3. The summed E-state index contributed by atoms with van der Waals surface area (Å²) in [4.78, 5) is 25.3. The highest BCUT2D eigenvalue weighted by atomic mass is 16.5. The molecule has 0 bridgehead atoms. The average molecular weight is 270 g/mol. The zero-order valence-corrected chi connectivity index (χ0v) is 10.8. The van der Waals surface area contributed by atoms with Crippen LogP contribution in [0, 0.1) is 0 Å². The summed E-state index contributed by atoms with van der Waals surface area (Å²) >= 11 is 0. The number of benzene rings is 1. The Balaban J connectivity index is 1.57. The molecule has 0 saturated carbocycles. The Bertz CT molecular complexity index is 648. The van der Waals surface area contributed by atoms with E-state index in [-0.39, 0.29) is 17.6 Å². The lowest BCUT2D eigenvalue weighted by atomic mass is 10.1. The second kappa shape index (κ2) is 5.21. The number of ether oxygens (including phenoxy) is 1. The Kier molecular flexibility index (Phi) is 3.25. The SMILES string of the molecule is O=C(NCC1Cc2ccccc2O1)c1ccc(=O)[nH]c1. The predicted octanol–water partition coefficient (Wildman–Crippen LogP) is 1.11. The fourth-order valence-corrected chi connectivity index (χ4v) is 2.23. The van der Waals surface area contributed by atoms with Gasteiger partial charge in [0.05, 0.1) is 12.1 Å². The van der Waals surface area contributed by atoms with Crippen LogP contribution in [0.15, 0.2) is 47.4 Å². The van der Waals surface area contributed by atoms with E-state index in [2.05, 4.69) is 10.3 Å². The number of carbonyl (C=O) groups excluding carboxylic acids is 1. The summed E-state index contributed by atoms with van der Waals surface area (Å²) in [6, 6.07) is 10.7. The lowest BCUT2D eigenvalue weighted by molar-refractivity contribution is 0.0933. The molecule has 2 aromatic rings. The highest BCUT2D eigenvalue weighted by Gasteiger charge is 2.22. The molecule has 0 spiro atoms. The number of para-hydroxylation sites is 1. The van der Waals surface area contributed by atoms with Crippen molar-refractivity contribution in [3.63, 3.8) is 0 Å². The largest absolute Gasteiger partial charge is 0.488 e. The van der Waals surface area contributed by atoms with E-state index < -0.39 is 0 Å². The van der Waals surface area contributed by atoms with Crippen molar-refractivity contribution in [1.29, 1.82) is 0 Å². The van der Waals surface area contributed by atoms with Gasteiger partial charge in [-0.15, -0.1) is 0 Å². The van der Waals surface area contributed by atoms with E-state index in [1.165, 1.54) is 18.3 Å². The minimum Gasteiger partial charge on any atom is -0.488 e. The van der Waals surface area contributed by atoms with Crippen molar-refractivity contribution < 1.29 is 9.53 Å². The van der Waals surface area contributed by atoms with Crippen LogP contribution in [0.25, 0.3) is 0 Å². The van der Waals surface area contributed by atoms with Gasteiger partial charge in [-0.3, -0.25) is 9.59 Å². The molecule has 2 heterocycles. The first kappa shape index (κ1) is 12.5. The molecule has 1 aliphatic heterocycles. The number of amides is 1. The van der Waals surface area contributed by atoms with Gasteiger partial charge >= 0.3 is 0 Å². The van der Waals surface area contributed by atoms with Gasteiger partial charge in [0.1, 0.15) is 11.9 Å². The van der Waals surface area contributed by atoms with E-state index in [9.17, 15) is 9.59 Å². The van der Waals surface area contributed by atoms with Crippen molar-refractivity contribution in [2.45, 2.75) is 12.5 Å². The average Bonchev–Trinajstić information content (AvgIpc) is 2.88. The van der Waals surface area contributed by atoms with Crippen LogP contribution in [-0.2, 0) is 6.42 Å². The Morgan fingerprint density at radius 2 is 2.15 bits per heavy atom. The molecule has 2 N–H and O–H groups in total. The summed E-state index contributed by atoms with van der Waals surface area (Å²) in [5, 5.41) is 2.81. The zero-order chi connectivity index (χ0) is 13.9. The number of aromatic nitrogens is 1. The van der Waals surface area contributed by atoms with Crippen molar-refractivity contribution in [2.75, 3.05) is 6.54 Å². The molecule has 5 nitrogen and oxygen atoms in total. The van der Waals surface area contributed by atoms with Crippen LogP contribution in [0.1, 0.15) is 15.9 Å². The lowest BCUT2D eigenvalue weighted by Gasteiger charge is -2.11. The van der Waals surface area contributed by atoms with E-state index in [1.54, 1.807) is 0 Å². The van der Waals surface area contributed by atoms with Crippen LogP contribution in [0.4, 0.5) is 0 Å². The van der Waals surface area contributed by atoms with Gasteiger partial charge < -0.3 is 15.0 Å². The van der Waals surface area contributed by atoms with Crippen LogP contribution in [0.2, 0.25) is 0 Å². The van der Waals surface area contributed by atoms with Gasteiger partial charge in [-0.1, -0.05) is 18.2 Å². The first-order valence-corrected chi connectivity index (χ1v) is 6.44. The summed E-state index contributed by atoms with van der Waals surface area (Å²) < 4.78 is 5.74. The smallest absolute Gasteiger partial charge is 0.252 e. The van der Waals surface area contributed by atoms with Crippen LogP contribution in [0.5, 0.6) is 5.75 Å². The summed E-state index contributed by atoms with van der Waals surface area (Å²) in [5.74, 6) is 0.664. The topological polar surface area (TPSA) is 71.2 Å². The second-order valence-corrected chi connectivity index (χ2v) is 4.70. The number of fused-ring (bicyclic) bond motifs is 1. The molecule has 1 atom stereocenters. The maximum atomic E-state index is 11.9. The molecule has 5 heteroatoms. The van der Waals surface area contributed by atoms with Gasteiger partial charge in [0, 0.05) is 18.7 Å². The van der Waals surface area contributed by atoms with Crippen molar-refractivity contribution in [3.05, 3.63) is 64.1 Å². The summed E-state index contributed by atoms with van der Waals surface area (Å²) in [7, 11) is 0. The van der Waals surface area contributed by atoms with E-state index in [0.29, 0.717) is 12.1 Å². The van der Waals surface area contributed by atoms with Crippen LogP contribution < -0.4 is 15.6 Å². The van der Waals surface area contributed by atoms with Crippen LogP contribution in [0.3, 0.4) is 0 Å². The molecule has 1 unspecified atom stereocenters. The number of hydrogen-bond donors (Lipinski definition) is 2. The molecule has 0 radical (unpaired) electrons. The molecule has 0 fully saturated rings. The minimum atomic E-state index is -0.226. The van der Waals surface area contributed by atoms with Crippen molar-refractivity contribution in [2.24, 2.45) is 0 Å². The Morgan fingerprint density at radius 3 is 2.90 bits per heavy atom. The number of nitrogens with one attached hydrogen (secondary N) is 2. The van der Waals surface area contributed by atoms with Gasteiger partial charge in [0.15, 0.2) is 0 Å². The van der Waals surface area contributed by atoms with E-state index in [1.807, 2.05) is 24.3 Å². The number of aromatic amines is 1. The van der Waals surface area contributed by atoms with E-state index in [4.69, 9.17) is 4.74 Å². The number of carbonyl (C=O) groups is 1. The molecular formula is C15H14N2O3. The second-order valence-electron chi connectivity index (χ2n) is 4.70. The molecule has 3 rings (SSSR count). The fourth-order valence-electron chi connectivity index (χ4n) is 2.23. The summed E-state index contributed by atoms with van der Waals surface area (Å²) in [6.07, 6.45) is 2.16. The summed E-state index contributed by atoms with van der Waals surface area (Å²) in [5.41, 5.74) is 1.37. The number of rotatable bonds is 3. The van der Waals surface area contributed by atoms with Crippen molar-refractivity contribution >= 4 is 5.91 Å². The fraction of sp³-hybridized carbons (Fsp3) is 0.200. The molecule has 1 aromatic carbocycles. The van der Waals surface area contributed by atoms with Crippen molar-refractivity contribution in [1.82, 2.24) is 10.3 Å². The highest BCUT2D eigenvalue weighted by Crippen LogP contribution is 2.27. The summed E-state index contributed by atoms with van der Waals surface area (Å²) in [6.45, 7) is 0.437. The normalized spacial score (nSPS) is 16.3. The predicted molar refractivity (Wildman–Crippen MR) is 74.0 cm³/mol. The van der Waals surface area contributed by atoms with E-state index in [0.717, 1.165) is 17.7 Å². The maximum Gasteiger partial charge on any atom is 0.252 e. The van der Waals surface area contributed by atoms with Gasteiger partial charge in [-0.2, -0.15) is 0 Å². The van der Waals surface area contributed by atoms with Crippen molar-refractivity contribution in [3.8, 4) is 5.75 Å². The Morgan fingerprint density at radius 1 is 1.30 bits per heavy atom. The first-order chi connectivity index (χ1) is 9.72. The third-order valence-electron chi connectivity index (χ3n) is 3.25. The van der Waals surface area contributed by atoms with Gasteiger partial charge in [-0.25, -0.2) is 0 Å². The maximum absolute atomic E-state index is 11.9. The zero-order valence-electron chi connectivity index (χ0n) is 10.8. The number of H-pyrrole nitrogens is 1. The quantitative estimate of drug-likeness (QED) is 0.877. The standard InChI is InChI=1S/C15H14N2O3/c18-14-6-5-11(8-16-14)15(19)17-9-12-7-10-3-1-2-4-13(10)20-12/h1-6,8,12H,7,9H2,(H,16,18)(H,17,19). The molecule has 0 saturated heterocycles.